The van der Waals surface area contributed by atoms with E-state index < -0.39 is 0 Å². The maximum absolute atomic E-state index is 12.2. The molecular weight excluding hydrogens is 264 g/mol. The van der Waals surface area contributed by atoms with Crippen molar-refractivity contribution >= 4 is 5.91 Å². The van der Waals surface area contributed by atoms with Crippen molar-refractivity contribution in [1.29, 1.82) is 0 Å². The van der Waals surface area contributed by atoms with E-state index in [9.17, 15) is 4.79 Å². The van der Waals surface area contributed by atoms with E-state index in [0.29, 0.717) is 18.9 Å². The van der Waals surface area contributed by atoms with Crippen molar-refractivity contribution < 1.29 is 9.53 Å². The molecule has 0 bridgehead atoms. The van der Waals surface area contributed by atoms with Crippen molar-refractivity contribution in [3.8, 4) is 5.75 Å². The molecule has 1 aromatic carbocycles. The molecule has 0 aliphatic carbocycles. The van der Waals surface area contributed by atoms with E-state index in [1.54, 1.807) is 7.11 Å². The maximum Gasteiger partial charge on any atom is 0.222 e. The molecule has 1 N–H and O–H groups in total. The van der Waals surface area contributed by atoms with Gasteiger partial charge in [0.2, 0.25) is 5.91 Å². The third kappa shape index (κ3) is 5.05. The van der Waals surface area contributed by atoms with E-state index in [-0.39, 0.29) is 5.91 Å². The molecule has 0 aromatic heterocycles. The number of methoxy groups -OCH3 is 1. The first kappa shape index (κ1) is 15.8. The zero-order valence-corrected chi connectivity index (χ0v) is 13.1. The highest BCUT2D eigenvalue weighted by Gasteiger charge is 2.16. The van der Waals surface area contributed by atoms with E-state index in [4.69, 9.17) is 4.74 Å². The molecule has 0 unspecified atom stereocenters. The molecule has 1 heterocycles. The van der Waals surface area contributed by atoms with Crippen molar-refractivity contribution in [3.05, 3.63) is 29.8 Å². The Bertz CT molecular complexity index is 456. The van der Waals surface area contributed by atoms with Crippen LogP contribution < -0.4 is 10.1 Å². The minimum Gasteiger partial charge on any atom is -0.497 e. The summed E-state index contributed by atoms with van der Waals surface area (Å²) in [5, 5.41) is 3.36. The first-order valence-corrected chi connectivity index (χ1v) is 7.76. The third-order valence-electron chi connectivity index (χ3n) is 4.20. The van der Waals surface area contributed by atoms with E-state index in [1.165, 1.54) is 12.8 Å². The fraction of sp³-hybridized carbons (Fsp3) is 0.588. The molecule has 4 nitrogen and oxygen atoms in total. The van der Waals surface area contributed by atoms with Gasteiger partial charge in [-0.1, -0.05) is 12.1 Å². The molecule has 116 valence electrons. The van der Waals surface area contributed by atoms with Crippen LogP contribution in [0.2, 0.25) is 0 Å². The van der Waals surface area contributed by atoms with E-state index in [0.717, 1.165) is 30.8 Å². The molecule has 1 fully saturated rings. The number of hydrogen-bond donors (Lipinski definition) is 1. The average Bonchev–Trinajstić information content (AvgIpc) is 2.53. The topological polar surface area (TPSA) is 41.6 Å². The van der Waals surface area contributed by atoms with Crippen LogP contribution in [-0.2, 0) is 11.3 Å². The Balaban J connectivity index is 1.78. The Morgan fingerprint density at radius 3 is 2.86 bits per heavy atom. The first-order chi connectivity index (χ1) is 10.2. The maximum atomic E-state index is 12.2. The summed E-state index contributed by atoms with van der Waals surface area (Å²) in [6.07, 6.45) is 4.08. The fourth-order valence-corrected chi connectivity index (χ4v) is 2.82. The van der Waals surface area contributed by atoms with Gasteiger partial charge in [0.25, 0.3) is 0 Å². The Hall–Kier alpha value is -1.55. The van der Waals surface area contributed by atoms with Crippen LogP contribution in [-0.4, -0.2) is 38.1 Å². The van der Waals surface area contributed by atoms with Crippen LogP contribution in [0.5, 0.6) is 5.75 Å². The van der Waals surface area contributed by atoms with Gasteiger partial charge in [-0.3, -0.25) is 4.79 Å². The zero-order valence-electron chi connectivity index (χ0n) is 13.1. The fourth-order valence-electron chi connectivity index (χ4n) is 2.82. The van der Waals surface area contributed by atoms with Gasteiger partial charge in [-0.05, 0) is 56.0 Å². The number of nitrogens with one attached hydrogen (secondary N) is 1. The van der Waals surface area contributed by atoms with Gasteiger partial charge in [-0.2, -0.15) is 0 Å². The van der Waals surface area contributed by atoms with Crippen LogP contribution in [0.3, 0.4) is 0 Å². The molecule has 0 radical (unpaired) electrons. The summed E-state index contributed by atoms with van der Waals surface area (Å²) in [6.45, 7) is 2.83. The molecule has 0 atom stereocenters. The van der Waals surface area contributed by atoms with Gasteiger partial charge in [0.05, 0.1) is 7.11 Å². The van der Waals surface area contributed by atoms with Crippen LogP contribution in [0.15, 0.2) is 24.3 Å². The largest absolute Gasteiger partial charge is 0.497 e. The number of amides is 1. The van der Waals surface area contributed by atoms with Crippen LogP contribution in [0.1, 0.15) is 31.2 Å². The Kier molecular flexibility index (Phi) is 6.05. The van der Waals surface area contributed by atoms with E-state index >= 15 is 0 Å². The van der Waals surface area contributed by atoms with Crippen LogP contribution in [0, 0.1) is 5.92 Å². The predicted octanol–water partition coefficient (Wildman–Crippen LogP) is 2.43. The summed E-state index contributed by atoms with van der Waals surface area (Å²) >= 11 is 0. The Morgan fingerprint density at radius 2 is 2.14 bits per heavy atom. The molecule has 2 rings (SSSR count). The van der Waals surface area contributed by atoms with Gasteiger partial charge in [0.15, 0.2) is 0 Å². The molecule has 4 heteroatoms. The summed E-state index contributed by atoms with van der Waals surface area (Å²) in [4.78, 5) is 14.0. The molecule has 0 spiro atoms. The number of ether oxygens (including phenoxy) is 1. The predicted molar refractivity (Wildman–Crippen MR) is 84.3 cm³/mol. The quantitative estimate of drug-likeness (QED) is 0.875. The van der Waals surface area contributed by atoms with Crippen LogP contribution in [0.4, 0.5) is 0 Å². The van der Waals surface area contributed by atoms with Gasteiger partial charge in [0.1, 0.15) is 5.75 Å². The van der Waals surface area contributed by atoms with Crippen LogP contribution in [0.25, 0.3) is 0 Å². The second-order valence-corrected chi connectivity index (χ2v) is 5.83. The first-order valence-electron chi connectivity index (χ1n) is 7.76. The SMILES string of the molecule is COc1cccc(CN(C)C(=O)CCC2CCNCC2)c1. The summed E-state index contributed by atoms with van der Waals surface area (Å²) in [5.41, 5.74) is 1.10. The summed E-state index contributed by atoms with van der Waals surface area (Å²) in [6, 6.07) is 7.89. The third-order valence-corrected chi connectivity index (χ3v) is 4.20. The highest BCUT2D eigenvalue weighted by atomic mass is 16.5. The highest BCUT2D eigenvalue weighted by Crippen LogP contribution is 2.19. The number of hydrogen-bond acceptors (Lipinski definition) is 3. The van der Waals surface area contributed by atoms with Gasteiger partial charge in [0, 0.05) is 20.0 Å². The Labute approximate surface area is 127 Å². The molecule has 0 saturated carbocycles. The zero-order chi connectivity index (χ0) is 15.1. The van der Waals surface area contributed by atoms with Crippen molar-refractivity contribution in [2.75, 3.05) is 27.2 Å². The van der Waals surface area contributed by atoms with Crippen molar-refractivity contribution in [3.63, 3.8) is 0 Å². The standard InChI is InChI=1S/C17H26N2O2/c1-19(13-15-4-3-5-16(12-15)21-2)17(20)7-6-14-8-10-18-11-9-14/h3-5,12,14,18H,6-11,13H2,1-2H3. The van der Waals surface area contributed by atoms with Gasteiger partial charge >= 0.3 is 0 Å². The molecule has 1 aliphatic heterocycles. The molecular formula is C17H26N2O2. The lowest BCUT2D eigenvalue weighted by Gasteiger charge is -2.23. The molecule has 21 heavy (non-hydrogen) atoms. The number of nitrogens with zero attached hydrogens (tertiary/aromatic N) is 1. The minimum absolute atomic E-state index is 0.233. The van der Waals surface area contributed by atoms with Crippen molar-refractivity contribution in [2.24, 2.45) is 5.92 Å². The number of carbonyl (C=O) groups is 1. The molecule has 1 amide bonds. The lowest BCUT2D eigenvalue weighted by atomic mass is 9.93. The highest BCUT2D eigenvalue weighted by molar-refractivity contribution is 5.75. The van der Waals surface area contributed by atoms with Crippen molar-refractivity contribution in [1.82, 2.24) is 10.2 Å². The number of rotatable bonds is 6. The van der Waals surface area contributed by atoms with E-state index in [1.807, 2.05) is 36.2 Å². The summed E-state index contributed by atoms with van der Waals surface area (Å²) < 4.78 is 5.21. The second kappa shape index (κ2) is 8.03. The summed E-state index contributed by atoms with van der Waals surface area (Å²) in [7, 11) is 3.54. The Morgan fingerprint density at radius 1 is 1.38 bits per heavy atom. The van der Waals surface area contributed by atoms with E-state index in [2.05, 4.69) is 5.32 Å². The lowest BCUT2D eigenvalue weighted by Crippen LogP contribution is -2.30. The van der Waals surface area contributed by atoms with Crippen molar-refractivity contribution in [2.45, 2.75) is 32.2 Å². The summed E-state index contributed by atoms with van der Waals surface area (Å²) in [5.74, 6) is 1.78. The van der Waals surface area contributed by atoms with Gasteiger partial charge in [-0.25, -0.2) is 0 Å². The number of benzene rings is 1. The molecule has 1 saturated heterocycles. The molecule has 1 aliphatic rings. The molecule has 1 aromatic rings. The van der Waals surface area contributed by atoms with Gasteiger partial charge in [-0.15, -0.1) is 0 Å². The van der Waals surface area contributed by atoms with Gasteiger partial charge < -0.3 is 15.0 Å². The monoisotopic (exact) mass is 290 g/mol. The normalized spacial score (nSPS) is 15.7. The number of carbonyl (C=O) groups excluding carboxylic acids is 1. The lowest BCUT2D eigenvalue weighted by molar-refractivity contribution is -0.130. The number of piperidine rings is 1. The average molecular weight is 290 g/mol. The minimum atomic E-state index is 0.233. The second-order valence-electron chi connectivity index (χ2n) is 5.83. The smallest absolute Gasteiger partial charge is 0.222 e. The van der Waals surface area contributed by atoms with Crippen LogP contribution >= 0.6 is 0 Å².